The molecule has 0 bridgehead atoms. The molecule has 0 saturated heterocycles. The molecule has 2 N–H and O–H groups in total. The van der Waals surface area contributed by atoms with Crippen LogP contribution >= 0.6 is 11.6 Å². The van der Waals surface area contributed by atoms with Crippen LogP contribution in [-0.2, 0) is 6.54 Å². The molecule has 0 atom stereocenters. The van der Waals surface area contributed by atoms with Gasteiger partial charge in [0.25, 0.3) is 0 Å². The topological polar surface area (TPSA) is 61.9 Å². The molecule has 4 aromatic carbocycles. The lowest BCUT2D eigenvalue weighted by Crippen LogP contribution is -2.37. The Labute approximate surface area is 234 Å². The molecule has 39 heavy (non-hydrogen) atoms. The highest BCUT2D eigenvalue weighted by atomic mass is 35.5. The molecular formula is C33H31ClN4O. The van der Waals surface area contributed by atoms with E-state index in [2.05, 4.69) is 24.3 Å². The van der Waals surface area contributed by atoms with E-state index in [0.717, 1.165) is 52.2 Å². The van der Waals surface area contributed by atoms with Crippen molar-refractivity contribution in [1.29, 1.82) is 0 Å². The normalized spacial score (nSPS) is 16.0. The van der Waals surface area contributed by atoms with Crippen molar-refractivity contribution in [2.24, 2.45) is 11.0 Å². The maximum Gasteiger partial charge on any atom is 0.349 e. The summed E-state index contributed by atoms with van der Waals surface area (Å²) in [7, 11) is 0. The number of rotatable bonds is 5. The number of carbonyl (C=O) groups is 1. The Bertz CT molecular complexity index is 1510. The first kappa shape index (κ1) is 25.2. The fraction of sp³-hybridized carbons (Fsp3) is 0.212. The lowest BCUT2D eigenvalue weighted by molar-refractivity contribution is 0.207. The zero-order chi connectivity index (χ0) is 26.8. The molecule has 1 fully saturated rings. The minimum absolute atomic E-state index is 0.225. The number of nitrogens with zero attached hydrogens (tertiary/aromatic N) is 3. The van der Waals surface area contributed by atoms with Crippen molar-refractivity contribution in [2.75, 3.05) is 10.6 Å². The van der Waals surface area contributed by atoms with Gasteiger partial charge in [0.15, 0.2) is 0 Å². The van der Waals surface area contributed by atoms with Crippen molar-refractivity contribution in [3.05, 3.63) is 113 Å². The van der Waals surface area contributed by atoms with Crippen molar-refractivity contribution < 1.29 is 4.79 Å². The second kappa shape index (κ2) is 11.0. The third-order valence-corrected chi connectivity index (χ3v) is 8.07. The van der Waals surface area contributed by atoms with Gasteiger partial charge in [-0.3, -0.25) is 4.90 Å². The predicted octanol–water partition coefficient (Wildman–Crippen LogP) is 8.65. The van der Waals surface area contributed by atoms with E-state index in [4.69, 9.17) is 22.4 Å². The van der Waals surface area contributed by atoms with Gasteiger partial charge in [-0.15, -0.1) is 0 Å². The number of urea groups is 1. The zero-order valence-electron chi connectivity index (χ0n) is 21.8. The number of fused-ring (bicyclic) bond motifs is 1. The number of halogens is 1. The van der Waals surface area contributed by atoms with E-state index in [-0.39, 0.29) is 12.6 Å². The summed E-state index contributed by atoms with van der Waals surface area (Å²) in [5, 5.41) is 7.38. The largest absolute Gasteiger partial charge is 0.399 e. The Morgan fingerprint density at radius 2 is 1.49 bits per heavy atom. The second-order valence-electron chi connectivity index (χ2n) is 10.2. The van der Waals surface area contributed by atoms with E-state index in [1.807, 2.05) is 72.8 Å². The number of hydrogen-bond donors (Lipinski definition) is 1. The SMILES string of the molecule is Nc1ccc(N2C(=O)N(Cc3c(Cl)cccc3-c3ccccc3)N=C(C3CCCCC3)c3ccccc32)cc1. The molecule has 1 aliphatic carbocycles. The van der Waals surface area contributed by atoms with Crippen LogP contribution in [0.3, 0.4) is 0 Å². The van der Waals surface area contributed by atoms with Crippen LogP contribution < -0.4 is 10.6 Å². The van der Waals surface area contributed by atoms with Crippen LogP contribution in [0.5, 0.6) is 0 Å². The number of benzene rings is 4. The smallest absolute Gasteiger partial charge is 0.349 e. The van der Waals surface area contributed by atoms with Crippen LogP contribution in [0, 0.1) is 5.92 Å². The van der Waals surface area contributed by atoms with E-state index < -0.39 is 0 Å². The van der Waals surface area contributed by atoms with E-state index in [0.29, 0.717) is 16.6 Å². The number of nitrogens with two attached hydrogens (primary N) is 1. The number of amides is 2. The highest BCUT2D eigenvalue weighted by Gasteiger charge is 2.34. The summed E-state index contributed by atoms with van der Waals surface area (Å²) in [5.74, 6) is 0.293. The predicted molar refractivity (Wildman–Crippen MR) is 160 cm³/mol. The molecule has 1 aliphatic heterocycles. The number of anilines is 3. The summed E-state index contributed by atoms with van der Waals surface area (Å²) in [4.78, 5) is 16.2. The quantitative estimate of drug-likeness (QED) is 0.260. The minimum Gasteiger partial charge on any atom is -0.399 e. The Kier molecular flexibility index (Phi) is 7.08. The molecule has 4 aromatic rings. The van der Waals surface area contributed by atoms with Crippen LogP contribution in [0.25, 0.3) is 11.1 Å². The van der Waals surface area contributed by atoms with E-state index >= 15 is 0 Å². The number of hydrogen-bond acceptors (Lipinski definition) is 3. The van der Waals surface area contributed by atoms with Gasteiger partial charge < -0.3 is 5.73 Å². The van der Waals surface area contributed by atoms with Gasteiger partial charge in [-0.2, -0.15) is 5.10 Å². The third kappa shape index (κ3) is 5.02. The lowest BCUT2D eigenvalue weighted by atomic mass is 9.83. The summed E-state index contributed by atoms with van der Waals surface area (Å²) < 4.78 is 0. The van der Waals surface area contributed by atoms with Crippen LogP contribution in [0.1, 0.15) is 43.2 Å². The summed E-state index contributed by atoms with van der Waals surface area (Å²) in [6.07, 6.45) is 5.72. The van der Waals surface area contributed by atoms with Crippen molar-refractivity contribution in [3.63, 3.8) is 0 Å². The molecule has 0 spiro atoms. The molecule has 2 aliphatic rings. The van der Waals surface area contributed by atoms with E-state index in [1.165, 1.54) is 19.3 Å². The zero-order valence-corrected chi connectivity index (χ0v) is 22.5. The van der Waals surface area contributed by atoms with Gasteiger partial charge in [0.2, 0.25) is 0 Å². The fourth-order valence-electron chi connectivity index (χ4n) is 5.74. The first-order valence-electron chi connectivity index (χ1n) is 13.6. The standard InChI is InChI=1S/C33H31ClN4O/c34-30-16-9-15-27(23-10-3-1-4-11-23)29(30)22-37-33(39)38(26-20-18-25(35)19-21-26)31-17-8-7-14-28(31)32(36-37)24-12-5-2-6-13-24/h1,3-4,7-11,14-21,24H,2,5-6,12-13,22,35H2. The molecule has 0 unspecified atom stereocenters. The van der Waals surface area contributed by atoms with Gasteiger partial charge in [-0.1, -0.05) is 91.5 Å². The molecular weight excluding hydrogens is 504 g/mol. The molecule has 0 radical (unpaired) electrons. The highest BCUT2D eigenvalue weighted by Crippen LogP contribution is 2.39. The molecule has 0 aromatic heterocycles. The van der Waals surface area contributed by atoms with Crippen LogP contribution in [0.4, 0.5) is 21.9 Å². The Balaban J connectivity index is 1.51. The van der Waals surface area contributed by atoms with Crippen LogP contribution in [-0.4, -0.2) is 16.8 Å². The average molecular weight is 535 g/mol. The van der Waals surface area contributed by atoms with Gasteiger partial charge in [-0.25, -0.2) is 9.80 Å². The van der Waals surface area contributed by atoms with Crippen LogP contribution in [0.2, 0.25) is 5.02 Å². The van der Waals surface area contributed by atoms with Gasteiger partial charge in [0, 0.05) is 27.8 Å². The van der Waals surface area contributed by atoms with Crippen molar-refractivity contribution in [2.45, 2.75) is 38.6 Å². The minimum atomic E-state index is -0.225. The molecule has 1 saturated carbocycles. The third-order valence-electron chi connectivity index (χ3n) is 7.72. The maximum atomic E-state index is 14.5. The van der Waals surface area contributed by atoms with Gasteiger partial charge >= 0.3 is 6.03 Å². The summed E-state index contributed by atoms with van der Waals surface area (Å²) in [6.45, 7) is 0.248. The van der Waals surface area contributed by atoms with Crippen molar-refractivity contribution in [3.8, 4) is 11.1 Å². The number of hydrazone groups is 1. The Morgan fingerprint density at radius 1 is 0.795 bits per heavy atom. The first-order chi connectivity index (χ1) is 19.1. The van der Waals surface area contributed by atoms with Gasteiger partial charge in [0.05, 0.1) is 23.6 Å². The average Bonchev–Trinajstić information content (AvgIpc) is 3.10. The molecule has 196 valence electrons. The number of nitrogen functional groups attached to an aromatic ring is 1. The molecule has 6 rings (SSSR count). The highest BCUT2D eigenvalue weighted by molar-refractivity contribution is 6.31. The van der Waals surface area contributed by atoms with E-state index in [1.54, 1.807) is 9.91 Å². The first-order valence-corrected chi connectivity index (χ1v) is 14.0. The molecule has 2 amide bonds. The van der Waals surface area contributed by atoms with Crippen molar-refractivity contribution >= 4 is 40.4 Å². The second-order valence-corrected chi connectivity index (χ2v) is 10.6. The fourth-order valence-corrected chi connectivity index (χ4v) is 5.98. The monoisotopic (exact) mass is 534 g/mol. The van der Waals surface area contributed by atoms with Gasteiger partial charge in [-0.05, 0) is 60.4 Å². The Hall–Kier alpha value is -4.09. The summed E-state index contributed by atoms with van der Waals surface area (Å²) in [6, 6.07) is 31.3. The number of para-hydroxylation sites is 1. The van der Waals surface area contributed by atoms with Crippen molar-refractivity contribution in [1.82, 2.24) is 5.01 Å². The summed E-state index contributed by atoms with van der Waals surface area (Å²) in [5.41, 5.74) is 13.1. The van der Waals surface area contributed by atoms with Gasteiger partial charge in [0.1, 0.15) is 0 Å². The lowest BCUT2D eigenvalue weighted by Gasteiger charge is -2.27. The Morgan fingerprint density at radius 3 is 2.26 bits per heavy atom. The maximum absolute atomic E-state index is 14.5. The van der Waals surface area contributed by atoms with Crippen LogP contribution in [0.15, 0.2) is 102 Å². The molecule has 1 heterocycles. The molecule has 5 nitrogen and oxygen atoms in total. The van der Waals surface area contributed by atoms with E-state index in [9.17, 15) is 4.79 Å². The molecule has 6 heteroatoms. The summed E-state index contributed by atoms with van der Waals surface area (Å²) >= 11 is 6.82. The number of carbonyl (C=O) groups excluding carboxylic acids is 1.